The van der Waals surface area contributed by atoms with Crippen LogP contribution in [0, 0.1) is 0 Å². The van der Waals surface area contributed by atoms with Gasteiger partial charge in [0.1, 0.15) is 12.2 Å². The topological polar surface area (TPSA) is 89.9 Å². The molecule has 3 aromatic rings. The van der Waals surface area contributed by atoms with Crippen LogP contribution in [-0.4, -0.2) is 30.3 Å². The van der Waals surface area contributed by atoms with Crippen molar-refractivity contribution in [1.29, 1.82) is 0 Å². The SMILES string of the molecule is CCC(O)c1cn(Cc2nnc(-c3ccc(Br)s3)o2)nn1. The molecule has 0 saturated carbocycles. The van der Waals surface area contributed by atoms with Crippen molar-refractivity contribution in [3.8, 4) is 10.8 Å². The van der Waals surface area contributed by atoms with E-state index in [0.29, 0.717) is 30.4 Å². The van der Waals surface area contributed by atoms with Gasteiger partial charge in [0.15, 0.2) is 0 Å². The molecule has 0 radical (unpaired) electrons. The Morgan fingerprint density at radius 1 is 1.38 bits per heavy atom. The summed E-state index contributed by atoms with van der Waals surface area (Å²) in [5, 5.41) is 25.6. The highest BCUT2D eigenvalue weighted by atomic mass is 79.9. The fourth-order valence-corrected chi connectivity index (χ4v) is 3.04. The molecule has 3 rings (SSSR count). The van der Waals surface area contributed by atoms with Crippen LogP contribution >= 0.6 is 27.3 Å². The third kappa shape index (κ3) is 3.20. The average molecular weight is 370 g/mol. The van der Waals surface area contributed by atoms with E-state index in [1.807, 2.05) is 19.1 Å². The normalized spacial score (nSPS) is 12.7. The molecule has 0 aliphatic carbocycles. The molecule has 0 aliphatic heterocycles. The van der Waals surface area contributed by atoms with Gasteiger partial charge in [-0.25, -0.2) is 4.68 Å². The van der Waals surface area contributed by atoms with Gasteiger partial charge in [-0.05, 0) is 34.5 Å². The number of nitrogens with zero attached hydrogens (tertiary/aromatic N) is 5. The summed E-state index contributed by atoms with van der Waals surface area (Å²) in [7, 11) is 0. The van der Waals surface area contributed by atoms with Crippen LogP contribution in [0.25, 0.3) is 10.8 Å². The molecule has 1 atom stereocenters. The van der Waals surface area contributed by atoms with E-state index in [9.17, 15) is 5.11 Å². The first kappa shape index (κ1) is 14.4. The highest BCUT2D eigenvalue weighted by Crippen LogP contribution is 2.30. The number of hydrogen-bond donors (Lipinski definition) is 1. The van der Waals surface area contributed by atoms with E-state index in [2.05, 4.69) is 36.4 Å². The molecule has 21 heavy (non-hydrogen) atoms. The zero-order chi connectivity index (χ0) is 14.8. The first-order valence-corrected chi connectivity index (χ1v) is 7.93. The lowest BCUT2D eigenvalue weighted by Crippen LogP contribution is -2.00. The van der Waals surface area contributed by atoms with Gasteiger partial charge >= 0.3 is 0 Å². The molecule has 0 fully saturated rings. The summed E-state index contributed by atoms with van der Waals surface area (Å²) in [5.74, 6) is 0.923. The quantitative estimate of drug-likeness (QED) is 0.743. The minimum absolute atomic E-state index is 0.322. The summed E-state index contributed by atoms with van der Waals surface area (Å²) in [4.78, 5) is 0.904. The number of aliphatic hydroxyl groups is 1. The van der Waals surface area contributed by atoms with E-state index in [-0.39, 0.29) is 0 Å². The maximum Gasteiger partial charge on any atom is 0.257 e. The molecular formula is C12H12BrN5O2S. The first-order valence-electron chi connectivity index (χ1n) is 6.32. The maximum atomic E-state index is 9.69. The van der Waals surface area contributed by atoms with Crippen molar-refractivity contribution < 1.29 is 9.52 Å². The van der Waals surface area contributed by atoms with Gasteiger partial charge in [0, 0.05) is 0 Å². The first-order chi connectivity index (χ1) is 10.2. The lowest BCUT2D eigenvalue weighted by atomic mass is 10.2. The van der Waals surface area contributed by atoms with Gasteiger partial charge in [-0.3, -0.25) is 0 Å². The highest BCUT2D eigenvalue weighted by Gasteiger charge is 2.13. The molecule has 0 aromatic carbocycles. The summed E-state index contributed by atoms with van der Waals surface area (Å²) in [6, 6.07) is 3.84. The fourth-order valence-electron chi connectivity index (χ4n) is 1.74. The molecule has 1 N–H and O–H groups in total. The molecule has 9 heteroatoms. The molecule has 0 amide bonds. The summed E-state index contributed by atoms with van der Waals surface area (Å²) in [6.07, 6.45) is 1.68. The number of thiophene rings is 1. The lowest BCUT2D eigenvalue weighted by Gasteiger charge is -2.00. The molecule has 1 unspecified atom stereocenters. The third-order valence-electron chi connectivity index (χ3n) is 2.83. The lowest BCUT2D eigenvalue weighted by molar-refractivity contribution is 0.168. The van der Waals surface area contributed by atoms with Gasteiger partial charge in [-0.1, -0.05) is 12.1 Å². The standard InChI is InChI=1S/C12H12BrN5O2S/c1-2-8(19)7-5-18(17-14-7)6-11-15-16-12(20-11)9-3-4-10(13)21-9/h3-5,8,19H,2,6H2,1H3. The van der Waals surface area contributed by atoms with E-state index < -0.39 is 6.10 Å². The van der Waals surface area contributed by atoms with Gasteiger partial charge < -0.3 is 9.52 Å². The Balaban J connectivity index is 1.74. The highest BCUT2D eigenvalue weighted by molar-refractivity contribution is 9.11. The van der Waals surface area contributed by atoms with E-state index >= 15 is 0 Å². The molecule has 0 bridgehead atoms. The Bertz CT molecular complexity index is 737. The number of aromatic nitrogens is 5. The molecular weight excluding hydrogens is 358 g/mol. The monoisotopic (exact) mass is 369 g/mol. The molecule has 0 aliphatic rings. The molecule has 3 aromatic heterocycles. The molecule has 7 nitrogen and oxygen atoms in total. The Morgan fingerprint density at radius 2 is 2.24 bits per heavy atom. The van der Waals surface area contributed by atoms with E-state index in [1.165, 1.54) is 11.3 Å². The van der Waals surface area contributed by atoms with Crippen LogP contribution in [0.15, 0.2) is 26.5 Å². The second-order valence-electron chi connectivity index (χ2n) is 4.37. The van der Waals surface area contributed by atoms with Gasteiger partial charge in [-0.15, -0.1) is 26.6 Å². The van der Waals surface area contributed by atoms with Crippen molar-refractivity contribution in [1.82, 2.24) is 25.2 Å². The van der Waals surface area contributed by atoms with Crippen molar-refractivity contribution in [2.75, 3.05) is 0 Å². The molecule has 110 valence electrons. The zero-order valence-corrected chi connectivity index (χ0v) is 13.5. The summed E-state index contributed by atoms with van der Waals surface area (Å²) < 4.78 is 8.17. The van der Waals surface area contributed by atoms with Crippen molar-refractivity contribution in [2.45, 2.75) is 26.0 Å². The maximum absolute atomic E-state index is 9.69. The van der Waals surface area contributed by atoms with Crippen LogP contribution in [0.1, 0.15) is 31.0 Å². The van der Waals surface area contributed by atoms with Crippen molar-refractivity contribution in [3.05, 3.63) is 33.7 Å². The van der Waals surface area contributed by atoms with E-state index in [1.54, 1.807) is 10.9 Å². The Labute approximate surface area is 132 Å². The Kier molecular flexibility index (Phi) is 4.13. The Hall–Kier alpha value is -1.58. The summed E-state index contributed by atoms with van der Waals surface area (Å²) in [5.41, 5.74) is 0.541. The van der Waals surface area contributed by atoms with Crippen LogP contribution in [0.2, 0.25) is 0 Å². The van der Waals surface area contributed by atoms with Gasteiger partial charge in [0.05, 0.1) is 21.0 Å². The minimum Gasteiger partial charge on any atom is -0.418 e. The number of hydrogen-bond acceptors (Lipinski definition) is 7. The molecule has 0 spiro atoms. The van der Waals surface area contributed by atoms with E-state index in [0.717, 1.165) is 8.66 Å². The zero-order valence-electron chi connectivity index (χ0n) is 11.1. The third-order valence-corrected chi connectivity index (χ3v) is 4.44. The van der Waals surface area contributed by atoms with Gasteiger partial charge in [-0.2, -0.15) is 0 Å². The number of aliphatic hydroxyl groups excluding tert-OH is 1. The van der Waals surface area contributed by atoms with Crippen LogP contribution < -0.4 is 0 Å². The minimum atomic E-state index is -0.597. The molecule has 3 heterocycles. The second-order valence-corrected chi connectivity index (χ2v) is 6.83. The van der Waals surface area contributed by atoms with E-state index in [4.69, 9.17) is 4.42 Å². The van der Waals surface area contributed by atoms with Crippen LogP contribution in [0.3, 0.4) is 0 Å². The molecule has 0 saturated heterocycles. The summed E-state index contributed by atoms with van der Waals surface area (Å²) >= 11 is 4.92. The van der Waals surface area contributed by atoms with Crippen molar-refractivity contribution in [3.63, 3.8) is 0 Å². The van der Waals surface area contributed by atoms with Gasteiger partial charge in [0.2, 0.25) is 5.89 Å². The fraction of sp³-hybridized carbons (Fsp3) is 0.333. The number of halogens is 1. The predicted molar refractivity (Wildman–Crippen MR) is 79.7 cm³/mol. The summed E-state index contributed by atoms with van der Waals surface area (Å²) in [6.45, 7) is 2.20. The predicted octanol–water partition coefficient (Wildman–Crippen LogP) is 2.64. The van der Waals surface area contributed by atoms with Crippen molar-refractivity contribution >= 4 is 27.3 Å². The van der Waals surface area contributed by atoms with Crippen LogP contribution in [0.4, 0.5) is 0 Å². The van der Waals surface area contributed by atoms with Crippen molar-refractivity contribution in [2.24, 2.45) is 0 Å². The van der Waals surface area contributed by atoms with Crippen LogP contribution in [0.5, 0.6) is 0 Å². The average Bonchev–Trinajstić information content (AvgIpc) is 3.19. The van der Waals surface area contributed by atoms with Crippen LogP contribution in [-0.2, 0) is 6.54 Å². The number of rotatable bonds is 5. The Morgan fingerprint density at radius 3 is 2.95 bits per heavy atom. The van der Waals surface area contributed by atoms with Gasteiger partial charge in [0.25, 0.3) is 5.89 Å². The smallest absolute Gasteiger partial charge is 0.257 e. The largest absolute Gasteiger partial charge is 0.418 e. The second kappa shape index (κ2) is 6.04.